The lowest BCUT2D eigenvalue weighted by Crippen LogP contribution is -2.59. The highest BCUT2D eigenvalue weighted by atomic mass is 32.2. The van der Waals surface area contributed by atoms with Crippen LogP contribution in [0.4, 0.5) is 0 Å². The molecule has 5 rings (SSSR count). The molecule has 0 aromatic carbocycles. The van der Waals surface area contributed by atoms with Crippen LogP contribution in [0.2, 0.25) is 0 Å². The van der Waals surface area contributed by atoms with Gasteiger partial charge in [0.15, 0.2) is 0 Å². The van der Waals surface area contributed by atoms with Crippen molar-refractivity contribution in [3.63, 3.8) is 0 Å². The predicted molar refractivity (Wildman–Crippen MR) is 124 cm³/mol. The van der Waals surface area contributed by atoms with Crippen molar-refractivity contribution in [3.05, 3.63) is 34.3 Å². The summed E-state index contributed by atoms with van der Waals surface area (Å²) in [5.41, 5.74) is 2.40. The number of carbonyl (C=O) groups excluding carboxylic acids is 1. The number of pyridine rings is 1. The first-order valence-corrected chi connectivity index (χ1v) is 12.6. The average Bonchev–Trinajstić information content (AvgIpc) is 3.53. The second-order valence-corrected chi connectivity index (χ2v) is 10.6. The fourth-order valence-electron chi connectivity index (χ4n) is 4.45. The lowest BCUT2D eigenvalue weighted by Gasteiger charge is -2.43. The maximum Gasteiger partial charge on any atom is 0.259 e. The van der Waals surface area contributed by atoms with Gasteiger partial charge in [-0.1, -0.05) is 5.16 Å². The average molecular weight is 459 g/mol. The summed E-state index contributed by atoms with van der Waals surface area (Å²) in [6.45, 7) is 7.89. The highest BCUT2D eigenvalue weighted by Gasteiger charge is 2.41. The van der Waals surface area contributed by atoms with E-state index in [0.717, 1.165) is 54.8 Å². The van der Waals surface area contributed by atoms with Crippen molar-refractivity contribution in [1.82, 2.24) is 20.4 Å². The lowest BCUT2D eigenvalue weighted by molar-refractivity contribution is -0.0129. The van der Waals surface area contributed by atoms with E-state index >= 15 is 0 Å². The first-order valence-electron chi connectivity index (χ1n) is 10.6. The monoisotopic (exact) mass is 458 g/mol. The molecule has 1 unspecified atom stereocenters. The van der Waals surface area contributed by atoms with Crippen LogP contribution in [0.1, 0.15) is 27.3 Å². The number of nitrogens with zero attached hydrogens (tertiary/aromatic N) is 3. The minimum Gasteiger partial charge on any atom is -0.379 e. The van der Waals surface area contributed by atoms with Crippen LogP contribution in [-0.4, -0.2) is 70.8 Å². The van der Waals surface area contributed by atoms with Crippen molar-refractivity contribution in [2.75, 3.05) is 44.4 Å². The minimum atomic E-state index is -0.0993. The van der Waals surface area contributed by atoms with Crippen molar-refractivity contribution >= 4 is 40.1 Å². The molecule has 2 fully saturated rings. The van der Waals surface area contributed by atoms with E-state index < -0.39 is 0 Å². The molecule has 7 nitrogen and oxygen atoms in total. The van der Waals surface area contributed by atoms with Crippen molar-refractivity contribution in [2.45, 2.75) is 25.8 Å². The number of morpholine rings is 1. The number of aromatic nitrogens is 2. The number of fused-ring (bicyclic) bond motifs is 1. The second kappa shape index (κ2) is 8.54. The first kappa shape index (κ1) is 20.9. The van der Waals surface area contributed by atoms with Crippen LogP contribution < -0.4 is 5.32 Å². The van der Waals surface area contributed by atoms with Crippen molar-refractivity contribution in [3.8, 4) is 10.6 Å². The van der Waals surface area contributed by atoms with E-state index in [2.05, 4.69) is 33.3 Å². The maximum atomic E-state index is 13.4. The Morgan fingerprint density at radius 1 is 1.29 bits per heavy atom. The Balaban J connectivity index is 1.44. The van der Waals surface area contributed by atoms with Gasteiger partial charge >= 0.3 is 0 Å². The van der Waals surface area contributed by atoms with Gasteiger partial charge in [-0.3, -0.25) is 9.69 Å². The zero-order valence-corrected chi connectivity index (χ0v) is 19.4. The quantitative estimate of drug-likeness (QED) is 0.627. The molecule has 1 amide bonds. The van der Waals surface area contributed by atoms with Crippen molar-refractivity contribution in [2.24, 2.45) is 0 Å². The molecule has 3 aromatic heterocycles. The number of hydrogen-bond acceptors (Lipinski definition) is 8. The second-order valence-electron chi connectivity index (χ2n) is 8.22. The van der Waals surface area contributed by atoms with Gasteiger partial charge in [0.2, 0.25) is 0 Å². The number of hydrogen-bond donors (Lipinski definition) is 1. The lowest BCUT2D eigenvalue weighted by atomic mass is 9.95. The third-order valence-corrected chi connectivity index (χ3v) is 8.45. The van der Waals surface area contributed by atoms with E-state index in [1.807, 2.05) is 30.8 Å². The highest BCUT2D eigenvalue weighted by Crippen LogP contribution is 2.34. The SMILES string of the molecule is Cc1ccc(-c2cc(C(=O)NCC3(N4CCOCC4)CCSC3)c3c(C)noc3n2)s1. The molecule has 0 saturated carbocycles. The summed E-state index contributed by atoms with van der Waals surface area (Å²) in [4.78, 5) is 22.8. The Morgan fingerprint density at radius 3 is 2.84 bits per heavy atom. The van der Waals surface area contributed by atoms with Crippen LogP contribution in [0.25, 0.3) is 21.7 Å². The fourth-order valence-corrected chi connectivity index (χ4v) is 6.75. The standard InChI is InChI=1S/C22H26N4O3S2/c1-14-3-4-18(31-14)17-11-16(19-15(2)25-29-21(19)24-17)20(27)23-12-22(5-10-30-13-22)26-6-8-28-9-7-26/h3-4,11H,5-10,12-13H2,1-2H3,(H,23,27). The number of thioether (sulfide) groups is 1. The molecule has 2 aliphatic rings. The predicted octanol–water partition coefficient (Wildman–Crippen LogP) is 3.51. The molecule has 0 spiro atoms. The Hall–Kier alpha value is -1.94. The first-order chi connectivity index (χ1) is 15.1. The zero-order valence-electron chi connectivity index (χ0n) is 17.8. The number of aryl methyl sites for hydroxylation is 2. The summed E-state index contributed by atoms with van der Waals surface area (Å²) in [6.07, 6.45) is 1.08. The molecule has 5 heterocycles. The number of rotatable bonds is 5. The Labute approximate surface area is 189 Å². The van der Waals surface area contributed by atoms with Crippen LogP contribution >= 0.6 is 23.1 Å². The zero-order chi connectivity index (χ0) is 21.4. The number of amides is 1. The van der Waals surface area contributed by atoms with E-state index in [4.69, 9.17) is 9.26 Å². The van der Waals surface area contributed by atoms with Crippen LogP contribution in [-0.2, 0) is 4.74 Å². The fraction of sp³-hybridized carbons (Fsp3) is 0.500. The van der Waals surface area contributed by atoms with Crippen molar-refractivity contribution < 1.29 is 14.1 Å². The molecule has 0 aliphatic carbocycles. The van der Waals surface area contributed by atoms with Gasteiger partial charge in [0.05, 0.1) is 40.4 Å². The molecule has 2 saturated heterocycles. The largest absolute Gasteiger partial charge is 0.379 e. The molecular formula is C22H26N4O3S2. The summed E-state index contributed by atoms with van der Waals surface area (Å²) in [6, 6.07) is 5.96. The van der Waals surface area contributed by atoms with Gasteiger partial charge in [0, 0.05) is 35.8 Å². The van der Waals surface area contributed by atoms with Gasteiger partial charge < -0.3 is 14.6 Å². The Morgan fingerprint density at radius 2 is 2.13 bits per heavy atom. The molecule has 31 heavy (non-hydrogen) atoms. The maximum absolute atomic E-state index is 13.4. The molecule has 1 atom stereocenters. The normalized spacial score (nSPS) is 22.3. The Bertz CT molecular complexity index is 1100. The van der Waals surface area contributed by atoms with Crippen LogP contribution in [0.15, 0.2) is 22.7 Å². The molecule has 1 N–H and O–H groups in total. The topological polar surface area (TPSA) is 80.5 Å². The number of thiophene rings is 1. The summed E-state index contributed by atoms with van der Waals surface area (Å²) in [5, 5.41) is 8.00. The summed E-state index contributed by atoms with van der Waals surface area (Å²) in [5.74, 6) is 2.06. The van der Waals surface area contributed by atoms with Gasteiger partial charge in [0.25, 0.3) is 11.6 Å². The van der Waals surface area contributed by atoms with E-state index in [9.17, 15) is 4.79 Å². The number of nitrogens with one attached hydrogen (secondary N) is 1. The molecule has 164 valence electrons. The van der Waals surface area contributed by atoms with E-state index in [0.29, 0.717) is 28.9 Å². The highest BCUT2D eigenvalue weighted by molar-refractivity contribution is 7.99. The summed E-state index contributed by atoms with van der Waals surface area (Å²) in [7, 11) is 0. The smallest absolute Gasteiger partial charge is 0.259 e. The Kier molecular flexibility index (Phi) is 5.76. The summed E-state index contributed by atoms with van der Waals surface area (Å²) < 4.78 is 11.0. The third kappa shape index (κ3) is 4.00. The van der Waals surface area contributed by atoms with Crippen LogP contribution in [0.3, 0.4) is 0 Å². The van der Waals surface area contributed by atoms with E-state index in [1.165, 1.54) is 4.88 Å². The molecular weight excluding hydrogens is 432 g/mol. The van der Waals surface area contributed by atoms with Gasteiger partial charge in [-0.05, 0) is 44.2 Å². The van der Waals surface area contributed by atoms with Gasteiger partial charge in [-0.2, -0.15) is 11.8 Å². The van der Waals surface area contributed by atoms with Crippen LogP contribution in [0, 0.1) is 13.8 Å². The van der Waals surface area contributed by atoms with E-state index in [-0.39, 0.29) is 11.4 Å². The molecule has 3 aromatic rings. The number of carbonyl (C=O) groups is 1. The third-order valence-electron chi connectivity index (χ3n) is 6.20. The van der Waals surface area contributed by atoms with Crippen molar-refractivity contribution in [1.29, 1.82) is 0 Å². The minimum absolute atomic E-state index is 0.00631. The van der Waals surface area contributed by atoms with Gasteiger partial charge in [-0.15, -0.1) is 11.3 Å². The molecule has 2 aliphatic heterocycles. The van der Waals surface area contributed by atoms with E-state index in [1.54, 1.807) is 11.3 Å². The van der Waals surface area contributed by atoms with Gasteiger partial charge in [0.1, 0.15) is 0 Å². The van der Waals surface area contributed by atoms with Gasteiger partial charge in [-0.25, -0.2) is 4.98 Å². The molecule has 9 heteroatoms. The summed E-state index contributed by atoms with van der Waals surface area (Å²) >= 11 is 3.61. The molecule has 0 radical (unpaired) electrons. The van der Waals surface area contributed by atoms with Crippen LogP contribution in [0.5, 0.6) is 0 Å². The molecule has 0 bridgehead atoms. The number of ether oxygens (including phenoxy) is 1.